The molecule has 0 aromatic rings. The maximum Gasteiger partial charge on any atom is 0.243 e. The lowest BCUT2D eigenvalue weighted by Crippen LogP contribution is -2.54. The summed E-state index contributed by atoms with van der Waals surface area (Å²) < 4.78 is 12.5. The van der Waals surface area contributed by atoms with Crippen LogP contribution in [0.1, 0.15) is 66.7 Å². The first-order valence-corrected chi connectivity index (χ1v) is 13.5. The number of hydrogen-bond donors (Lipinski definition) is 3. The molecule has 6 heteroatoms. The molecule has 1 fully saturated rings. The van der Waals surface area contributed by atoms with Crippen molar-refractivity contribution < 1.29 is 19.4 Å². The van der Waals surface area contributed by atoms with Gasteiger partial charge in [-0.1, -0.05) is 67.5 Å². The van der Waals surface area contributed by atoms with E-state index in [0.29, 0.717) is 18.9 Å². The summed E-state index contributed by atoms with van der Waals surface area (Å²) in [5, 5.41) is 16.7. The standard InChI is InChI=1S/C30H48N2O4/c1-21-12-8-7-9-13-23(3)20-32-28(34)15-11-10-14-24(4)27(17-16-22(2)18-21)36-29-19-26(33)30(31-6)25(5)35-29/h7-8,10-12,14-16,23-27,29-31,33H,9,13,17-20H2,1-6H3,(H,32,34)/b8-7+,14-10-,15-11-,21-12-,22-16-/t23-,24-,25+,26+,27+,29-,30-/m1/s1. The number of nitrogens with one attached hydrogen (secondary N) is 2. The van der Waals surface area contributed by atoms with Crippen molar-refractivity contribution in [2.75, 3.05) is 13.6 Å². The Morgan fingerprint density at radius 3 is 2.64 bits per heavy atom. The summed E-state index contributed by atoms with van der Waals surface area (Å²) in [5.74, 6) is 0.435. The average molecular weight is 501 g/mol. The van der Waals surface area contributed by atoms with Crippen LogP contribution in [-0.4, -0.2) is 55.2 Å². The molecule has 1 saturated heterocycles. The van der Waals surface area contributed by atoms with Crippen LogP contribution in [0.3, 0.4) is 0 Å². The van der Waals surface area contributed by atoms with Crippen LogP contribution in [0.15, 0.2) is 59.8 Å². The lowest BCUT2D eigenvalue weighted by Gasteiger charge is -2.39. The first-order chi connectivity index (χ1) is 17.2. The van der Waals surface area contributed by atoms with Crippen LogP contribution < -0.4 is 10.6 Å². The third kappa shape index (κ3) is 11.0. The molecule has 0 saturated carbocycles. The Morgan fingerprint density at radius 2 is 1.92 bits per heavy atom. The maximum atomic E-state index is 12.2. The molecule has 0 unspecified atom stereocenters. The minimum atomic E-state index is -0.524. The first kappa shape index (κ1) is 30.2. The zero-order valence-electron chi connectivity index (χ0n) is 23.1. The lowest BCUT2D eigenvalue weighted by molar-refractivity contribution is -0.241. The van der Waals surface area contributed by atoms with E-state index in [1.165, 1.54) is 11.1 Å². The zero-order valence-corrected chi connectivity index (χ0v) is 23.1. The van der Waals surface area contributed by atoms with E-state index >= 15 is 0 Å². The maximum absolute atomic E-state index is 12.2. The van der Waals surface area contributed by atoms with E-state index in [2.05, 4.69) is 68.7 Å². The van der Waals surface area contributed by atoms with E-state index in [1.807, 2.05) is 20.0 Å². The van der Waals surface area contributed by atoms with Gasteiger partial charge in [0.05, 0.1) is 24.4 Å². The van der Waals surface area contributed by atoms with Gasteiger partial charge >= 0.3 is 0 Å². The summed E-state index contributed by atoms with van der Waals surface area (Å²) in [6, 6.07) is -0.105. The molecule has 202 valence electrons. The van der Waals surface area contributed by atoms with Crippen LogP contribution in [0, 0.1) is 11.8 Å². The van der Waals surface area contributed by atoms with Crippen LogP contribution in [0.25, 0.3) is 0 Å². The van der Waals surface area contributed by atoms with Gasteiger partial charge in [0.15, 0.2) is 6.29 Å². The van der Waals surface area contributed by atoms with Gasteiger partial charge in [-0.3, -0.25) is 4.79 Å². The van der Waals surface area contributed by atoms with Crippen molar-refractivity contribution in [3.63, 3.8) is 0 Å². The fraction of sp³-hybridized carbons (Fsp3) is 0.633. The van der Waals surface area contributed by atoms with Crippen molar-refractivity contribution in [3.05, 3.63) is 59.8 Å². The number of aliphatic hydroxyl groups is 1. The summed E-state index contributed by atoms with van der Waals surface area (Å²) in [6.07, 6.45) is 19.0. The Hall–Kier alpha value is -1.99. The molecule has 2 aliphatic rings. The summed E-state index contributed by atoms with van der Waals surface area (Å²) in [7, 11) is 1.84. The first-order valence-electron chi connectivity index (χ1n) is 13.5. The number of aliphatic hydroxyl groups excluding tert-OH is 1. The van der Waals surface area contributed by atoms with E-state index in [-0.39, 0.29) is 30.1 Å². The molecule has 2 aliphatic heterocycles. The molecule has 7 atom stereocenters. The largest absolute Gasteiger partial charge is 0.391 e. The van der Waals surface area contributed by atoms with Crippen molar-refractivity contribution in [1.82, 2.24) is 10.6 Å². The minimum Gasteiger partial charge on any atom is -0.391 e. The Kier molecular flexibility index (Phi) is 13.4. The van der Waals surface area contributed by atoms with Gasteiger partial charge in [-0.25, -0.2) is 0 Å². The van der Waals surface area contributed by atoms with Crippen LogP contribution in [0.4, 0.5) is 0 Å². The molecule has 0 aliphatic carbocycles. The van der Waals surface area contributed by atoms with Crippen LogP contribution in [0.5, 0.6) is 0 Å². The molecule has 2 rings (SSSR count). The highest BCUT2D eigenvalue weighted by molar-refractivity contribution is 5.87. The molecule has 1 amide bonds. The number of carbonyl (C=O) groups is 1. The van der Waals surface area contributed by atoms with Gasteiger partial charge in [-0.05, 0) is 59.4 Å². The number of hydrogen-bond acceptors (Lipinski definition) is 5. The second-order valence-electron chi connectivity index (χ2n) is 10.5. The van der Waals surface area contributed by atoms with Crippen molar-refractivity contribution >= 4 is 5.91 Å². The molecule has 0 radical (unpaired) electrons. The average Bonchev–Trinajstić information content (AvgIpc) is 2.82. The van der Waals surface area contributed by atoms with Gasteiger partial charge in [-0.15, -0.1) is 0 Å². The minimum absolute atomic E-state index is 0.0771. The highest BCUT2D eigenvalue weighted by Crippen LogP contribution is 2.26. The Balaban J connectivity index is 2.18. The molecule has 0 aromatic carbocycles. The van der Waals surface area contributed by atoms with Crippen molar-refractivity contribution in [2.24, 2.45) is 11.8 Å². The molecule has 0 aromatic heterocycles. The third-order valence-electron chi connectivity index (χ3n) is 6.96. The van der Waals surface area contributed by atoms with Crippen LogP contribution in [0.2, 0.25) is 0 Å². The predicted molar refractivity (Wildman–Crippen MR) is 147 cm³/mol. The summed E-state index contributed by atoms with van der Waals surface area (Å²) in [6.45, 7) is 11.2. The summed E-state index contributed by atoms with van der Waals surface area (Å²) in [4.78, 5) is 12.2. The van der Waals surface area contributed by atoms with Crippen molar-refractivity contribution in [3.8, 4) is 0 Å². The fourth-order valence-corrected chi connectivity index (χ4v) is 4.68. The van der Waals surface area contributed by atoms with E-state index in [4.69, 9.17) is 9.47 Å². The summed E-state index contributed by atoms with van der Waals surface area (Å²) in [5.41, 5.74) is 2.62. The Morgan fingerprint density at radius 1 is 1.14 bits per heavy atom. The van der Waals surface area contributed by atoms with Gasteiger partial charge in [0.2, 0.25) is 5.91 Å². The van der Waals surface area contributed by atoms with Crippen molar-refractivity contribution in [1.29, 1.82) is 0 Å². The smallest absolute Gasteiger partial charge is 0.243 e. The highest BCUT2D eigenvalue weighted by Gasteiger charge is 2.36. The molecule has 0 bridgehead atoms. The number of ether oxygens (including phenoxy) is 2. The third-order valence-corrected chi connectivity index (χ3v) is 6.96. The van der Waals surface area contributed by atoms with E-state index in [9.17, 15) is 9.90 Å². The molecule has 0 spiro atoms. The van der Waals surface area contributed by atoms with Gasteiger partial charge in [-0.2, -0.15) is 0 Å². The SMILES string of the molecule is CN[C@@H]1[C@H](C)O[C@H](O[C@H]2C/C=C(/C)C/C(C)=C\C=C\CC[C@@H](C)CNC(=O)/C=C\C=C/[C@H]2C)C[C@@H]1O. The Bertz CT molecular complexity index is 817. The van der Waals surface area contributed by atoms with E-state index < -0.39 is 12.4 Å². The monoisotopic (exact) mass is 500 g/mol. The highest BCUT2D eigenvalue weighted by atomic mass is 16.7. The fourth-order valence-electron chi connectivity index (χ4n) is 4.68. The second kappa shape index (κ2) is 16.0. The predicted octanol–water partition coefficient (Wildman–Crippen LogP) is 4.98. The number of amides is 1. The molecule has 36 heavy (non-hydrogen) atoms. The summed E-state index contributed by atoms with van der Waals surface area (Å²) >= 11 is 0. The zero-order chi connectivity index (χ0) is 26.5. The van der Waals surface area contributed by atoms with E-state index in [1.54, 1.807) is 12.2 Å². The number of likely N-dealkylation sites (N-methyl/N-ethyl adjacent to an activating group) is 1. The second-order valence-corrected chi connectivity index (χ2v) is 10.5. The topological polar surface area (TPSA) is 79.8 Å². The van der Waals surface area contributed by atoms with E-state index in [0.717, 1.165) is 25.7 Å². The normalized spacial score (nSPS) is 39.5. The van der Waals surface area contributed by atoms with Gasteiger partial charge < -0.3 is 25.2 Å². The Labute approximate surface area is 218 Å². The molecular weight excluding hydrogens is 452 g/mol. The molecule has 3 N–H and O–H groups in total. The van der Waals surface area contributed by atoms with Gasteiger partial charge in [0.25, 0.3) is 0 Å². The number of rotatable bonds is 3. The van der Waals surface area contributed by atoms with Gasteiger partial charge in [0.1, 0.15) is 0 Å². The number of carbonyl (C=O) groups excluding carboxylic acids is 1. The lowest BCUT2D eigenvalue weighted by atomic mass is 9.97. The number of allylic oxidation sites excluding steroid dienone is 7. The quantitative estimate of drug-likeness (QED) is 0.477. The van der Waals surface area contributed by atoms with Gasteiger partial charge in [0, 0.05) is 25.0 Å². The molecule has 6 nitrogen and oxygen atoms in total. The van der Waals surface area contributed by atoms with Crippen molar-refractivity contribution in [2.45, 2.75) is 97.4 Å². The van der Waals surface area contributed by atoms with Crippen LogP contribution in [-0.2, 0) is 14.3 Å². The molecular formula is C30H48N2O4. The van der Waals surface area contributed by atoms with Crippen LogP contribution >= 0.6 is 0 Å². The molecule has 2 heterocycles.